The number of likely N-dealkylation sites (tertiary alicyclic amines) is 1. The summed E-state index contributed by atoms with van der Waals surface area (Å²) in [6.07, 6.45) is 4.22. The Morgan fingerprint density at radius 2 is 1.67 bits per heavy atom. The zero-order chi connectivity index (χ0) is 31.8. The van der Waals surface area contributed by atoms with Crippen LogP contribution in [0.1, 0.15) is 60.9 Å². The Morgan fingerprint density at radius 3 is 2.38 bits per heavy atom. The summed E-state index contributed by atoms with van der Waals surface area (Å²) in [6.45, 7) is 4.41. The molecule has 10 heteroatoms. The number of nitrogens with two attached hydrogens (primary N) is 2. The first-order valence-corrected chi connectivity index (χ1v) is 16.1. The van der Waals surface area contributed by atoms with Gasteiger partial charge in [0.25, 0.3) is 5.91 Å². The molecule has 3 amide bonds. The van der Waals surface area contributed by atoms with Crippen molar-refractivity contribution in [3.05, 3.63) is 83.9 Å². The first-order valence-electron chi connectivity index (χ1n) is 16.1. The van der Waals surface area contributed by atoms with Crippen molar-refractivity contribution in [2.75, 3.05) is 32.7 Å². The molecule has 3 aromatic rings. The predicted octanol–water partition coefficient (Wildman–Crippen LogP) is 2.98. The van der Waals surface area contributed by atoms with E-state index in [0.29, 0.717) is 31.5 Å². The van der Waals surface area contributed by atoms with E-state index in [1.807, 2.05) is 84.6 Å². The topological polar surface area (TPSA) is 146 Å². The number of amides is 3. The van der Waals surface area contributed by atoms with Crippen LogP contribution in [0.25, 0.3) is 10.8 Å². The summed E-state index contributed by atoms with van der Waals surface area (Å²) >= 11 is 0. The van der Waals surface area contributed by atoms with Gasteiger partial charge in [0.2, 0.25) is 11.8 Å². The Kier molecular flexibility index (Phi) is 10.7. The highest BCUT2D eigenvalue weighted by molar-refractivity contribution is 5.98. The van der Waals surface area contributed by atoms with E-state index in [9.17, 15) is 14.4 Å². The fourth-order valence-electron chi connectivity index (χ4n) is 6.45. The average molecular weight is 612 g/mol. The van der Waals surface area contributed by atoms with Gasteiger partial charge in [-0.15, -0.1) is 0 Å². The first-order chi connectivity index (χ1) is 21.8. The SMILES string of the molecule is CCC(N=C(N)N)[C@@H]1N[C@H](CNC(=O)c2ccc3ccccc3c2)CCN(CC(C(=O)N2CCCCC2)c2ccccc2)C1=O. The number of nitrogens with zero attached hydrogens (tertiary/aromatic N) is 3. The number of aliphatic imine (C=N–C) groups is 1. The van der Waals surface area contributed by atoms with Crippen molar-refractivity contribution in [2.24, 2.45) is 16.5 Å². The molecule has 2 heterocycles. The molecule has 238 valence electrons. The molecule has 45 heavy (non-hydrogen) atoms. The molecule has 2 fully saturated rings. The maximum absolute atomic E-state index is 14.2. The van der Waals surface area contributed by atoms with Gasteiger partial charge in [0.05, 0.1) is 12.0 Å². The van der Waals surface area contributed by atoms with Crippen LogP contribution < -0.4 is 22.1 Å². The minimum absolute atomic E-state index is 0.0536. The number of piperidine rings is 1. The van der Waals surface area contributed by atoms with Gasteiger partial charge in [-0.25, -0.2) is 4.99 Å². The Bertz CT molecular complexity index is 1500. The van der Waals surface area contributed by atoms with Gasteiger partial charge in [0, 0.05) is 44.3 Å². The van der Waals surface area contributed by atoms with Crippen LogP contribution in [0.5, 0.6) is 0 Å². The fourth-order valence-corrected chi connectivity index (χ4v) is 6.45. The van der Waals surface area contributed by atoms with E-state index in [4.69, 9.17) is 11.5 Å². The van der Waals surface area contributed by atoms with Gasteiger partial charge < -0.3 is 26.6 Å². The number of hydrogen-bond acceptors (Lipinski definition) is 5. The largest absolute Gasteiger partial charge is 0.370 e. The monoisotopic (exact) mass is 611 g/mol. The molecule has 0 aromatic heterocycles. The van der Waals surface area contributed by atoms with Crippen LogP contribution in [0.4, 0.5) is 0 Å². The second-order valence-corrected chi connectivity index (χ2v) is 12.1. The van der Waals surface area contributed by atoms with E-state index in [2.05, 4.69) is 15.6 Å². The van der Waals surface area contributed by atoms with Crippen LogP contribution in [0.2, 0.25) is 0 Å². The lowest BCUT2D eigenvalue weighted by atomic mass is 9.95. The number of rotatable bonds is 10. The molecule has 10 nitrogen and oxygen atoms in total. The van der Waals surface area contributed by atoms with E-state index >= 15 is 0 Å². The molecular weight excluding hydrogens is 566 g/mol. The molecule has 5 rings (SSSR count). The number of benzene rings is 3. The van der Waals surface area contributed by atoms with Gasteiger partial charge >= 0.3 is 0 Å². The molecule has 0 aliphatic carbocycles. The van der Waals surface area contributed by atoms with Gasteiger partial charge in [-0.05, 0) is 60.6 Å². The Morgan fingerprint density at radius 1 is 0.956 bits per heavy atom. The maximum atomic E-state index is 14.2. The van der Waals surface area contributed by atoms with Gasteiger partial charge in [0.1, 0.15) is 6.04 Å². The molecule has 3 aromatic carbocycles. The lowest BCUT2D eigenvalue weighted by Gasteiger charge is -2.34. The quantitative estimate of drug-likeness (QED) is 0.205. The Hall–Kier alpha value is -4.44. The third-order valence-corrected chi connectivity index (χ3v) is 8.95. The van der Waals surface area contributed by atoms with E-state index < -0.39 is 18.0 Å². The molecule has 2 unspecified atom stereocenters. The molecule has 0 bridgehead atoms. The first kappa shape index (κ1) is 32.0. The summed E-state index contributed by atoms with van der Waals surface area (Å²) < 4.78 is 0. The third kappa shape index (κ3) is 7.99. The van der Waals surface area contributed by atoms with Crippen molar-refractivity contribution in [1.29, 1.82) is 0 Å². The van der Waals surface area contributed by atoms with Crippen LogP contribution in [0, 0.1) is 0 Å². The number of nitrogens with one attached hydrogen (secondary N) is 2. The summed E-state index contributed by atoms with van der Waals surface area (Å²) in [7, 11) is 0. The average Bonchev–Trinajstić information content (AvgIpc) is 3.23. The summed E-state index contributed by atoms with van der Waals surface area (Å²) in [5.74, 6) is -0.850. The van der Waals surface area contributed by atoms with E-state index in [1.54, 1.807) is 4.90 Å². The molecule has 0 radical (unpaired) electrons. The van der Waals surface area contributed by atoms with E-state index in [-0.39, 0.29) is 36.3 Å². The lowest BCUT2D eigenvalue weighted by molar-refractivity contribution is -0.137. The molecule has 6 N–H and O–H groups in total. The van der Waals surface area contributed by atoms with Gasteiger partial charge in [0.15, 0.2) is 5.96 Å². The van der Waals surface area contributed by atoms with Crippen LogP contribution >= 0.6 is 0 Å². The van der Waals surface area contributed by atoms with Crippen molar-refractivity contribution in [3.8, 4) is 0 Å². The highest BCUT2D eigenvalue weighted by Gasteiger charge is 2.38. The van der Waals surface area contributed by atoms with E-state index in [1.165, 1.54) is 0 Å². The standard InChI is InChI=1S/C35H45N7O3/c1-2-30(40-35(36)37)31-34(45)42(23-29(25-12-5-3-6-13-25)33(44)41-18-9-4-10-19-41)20-17-28(39-31)22-38-32(43)27-16-15-24-11-7-8-14-26(24)21-27/h3,5-8,11-16,21,28-31,39H,2,4,9-10,17-20,22-23H2,1H3,(H,38,43)(H4,36,37,40)/t28-,29?,30?,31-/m0/s1. The van der Waals surface area contributed by atoms with Crippen molar-refractivity contribution in [2.45, 2.75) is 63.1 Å². The Labute approximate surface area is 265 Å². The maximum Gasteiger partial charge on any atom is 0.251 e. The minimum atomic E-state index is -0.719. The van der Waals surface area contributed by atoms with Crippen LogP contribution in [0.15, 0.2) is 77.8 Å². The van der Waals surface area contributed by atoms with Crippen LogP contribution in [0.3, 0.4) is 0 Å². The lowest BCUT2D eigenvalue weighted by Crippen LogP contribution is -2.55. The molecule has 4 atom stereocenters. The van der Waals surface area contributed by atoms with Crippen molar-refractivity contribution < 1.29 is 14.4 Å². The number of carbonyl (C=O) groups is 3. The van der Waals surface area contributed by atoms with Gasteiger partial charge in [-0.3, -0.25) is 19.7 Å². The smallest absolute Gasteiger partial charge is 0.251 e. The number of carbonyl (C=O) groups excluding carboxylic acids is 3. The fraction of sp³-hybridized carbons (Fsp3) is 0.429. The Balaban J connectivity index is 1.36. The van der Waals surface area contributed by atoms with Crippen molar-refractivity contribution >= 4 is 34.5 Å². The highest BCUT2D eigenvalue weighted by Crippen LogP contribution is 2.25. The summed E-state index contributed by atoms with van der Waals surface area (Å²) in [5, 5.41) is 8.60. The highest BCUT2D eigenvalue weighted by atomic mass is 16.2. The molecular formula is C35H45N7O3. The third-order valence-electron chi connectivity index (χ3n) is 8.95. The van der Waals surface area contributed by atoms with Gasteiger partial charge in [-0.2, -0.15) is 0 Å². The molecule has 0 spiro atoms. The van der Waals surface area contributed by atoms with Crippen molar-refractivity contribution in [1.82, 2.24) is 20.4 Å². The summed E-state index contributed by atoms with van der Waals surface area (Å²) in [6, 6.07) is 21.8. The second-order valence-electron chi connectivity index (χ2n) is 12.1. The second kappa shape index (κ2) is 15.0. The summed E-state index contributed by atoms with van der Waals surface area (Å²) in [5.41, 5.74) is 13.0. The molecule has 2 saturated heterocycles. The van der Waals surface area contributed by atoms with Crippen LogP contribution in [-0.4, -0.2) is 84.3 Å². The molecule has 2 aliphatic rings. The molecule has 2 aliphatic heterocycles. The molecule has 0 saturated carbocycles. The number of hydrogen-bond donors (Lipinski definition) is 4. The normalized spacial score (nSPS) is 20.2. The predicted molar refractivity (Wildman–Crippen MR) is 178 cm³/mol. The number of fused-ring (bicyclic) bond motifs is 1. The summed E-state index contributed by atoms with van der Waals surface area (Å²) in [4.78, 5) is 49.4. The van der Waals surface area contributed by atoms with Crippen LogP contribution in [-0.2, 0) is 9.59 Å². The van der Waals surface area contributed by atoms with E-state index in [0.717, 1.165) is 48.7 Å². The number of guanidine groups is 1. The zero-order valence-electron chi connectivity index (χ0n) is 26.0. The minimum Gasteiger partial charge on any atom is -0.370 e. The van der Waals surface area contributed by atoms with Crippen molar-refractivity contribution in [3.63, 3.8) is 0 Å². The van der Waals surface area contributed by atoms with Gasteiger partial charge in [-0.1, -0.05) is 67.6 Å². The zero-order valence-corrected chi connectivity index (χ0v) is 26.0.